The van der Waals surface area contributed by atoms with Crippen molar-refractivity contribution in [2.45, 2.75) is 19.8 Å². The molecule has 0 aliphatic carbocycles. The molecule has 0 saturated heterocycles. The van der Waals surface area contributed by atoms with E-state index >= 15 is 0 Å². The van der Waals surface area contributed by atoms with Crippen LogP contribution in [0.15, 0.2) is 39.6 Å². The first-order valence-electron chi connectivity index (χ1n) is 5.27. The Morgan fingerprint density at radius 2 is 2.00 bits per heavy atom. The van der Waals surface area contributed by atoms with Gasteiger partial charge in [0.05, 0.1) is 5.69 Å². The summed E-state index contributed by atoms with van der Waals surface area (Å²) >= 11 is 3.37. The average Bonchev–Trinajstić information content (AvgIpc) is 2.61. The van der Waals surface area contributed by atoms with Gasteiger partial charge in [-0.2, -0.15) is 0 Å². The van der Waals surface area contributed by atoms with Crippen LogP contribution >= 0.6 is 15.9 Å². The Balaban J connectivity index is 2.40. The van der Waals surface area contributed by atoms with E-state index in [4.69, 9.17) is 0 Å². The van der Waals surface area contributed by atoms with Gasteiger partial charge in [0.1, 0.15) is 0 Å². The number of aromatic amines is 1. The molecule has 0 radical (unpaired) electrons. The van der Waals surface area contributed by atoms with Crippen molar-refractivity contribution >= 4 is 15.9 Å². The summed E-state index contributed by atoms with van der Waals surface area (Å²) in [5.74, 6) is 0. The highest BCUT2D eigenvalue weighted by molar-refractivity contribution is 9.10. The molecule has 1 heterocycles. The zero-order valence-electron chi connectivity index (χ0n) is 9.03. The molecule has 0 unspecified atom stereocenters. The van der Waals surface area contributed by atoms with E-state index in [-0.39, 0.29) is 5.56 Å². The molecular formula is C12H13BrN2O. The summed E-state index contributed by atoms with van der Waals surface area (Å²) in [5.41, 5.74) is 1.83. The van der Waals surface area contributed by atoms with Crippen LogP contribution in [0, 0.1) is 0 Å². The number of rotatable bonds is 3. The molecule has 1 aromatic heterocycles. The Morgan fingerprint density at radius 1 is 1.31 bits per heavy atom. The molecule has 2 rings (SSSR count). The van der Waals surface area contributed by atoms with Crippen LogP contribution in [0.3, 0.4) is 0 Å². The number of aromatic nitrogens is 2. The second-order valence-corrected chi connectivity index (χ2v) is 4.60. The molecule has 0 aliphatic heterocycles. The third-order valence-corrected chi connectivity index (χ3v) is 2.91. The van der Waals surface area contributed by atoms with Gasteiger partial charge in [0.2, 0.25) is 0 Å². The highest BCUT2D eigenvalue weighted by Crippen LogP contribution is 2.12. The molecule has 84 valence electrons. The van der Waals surface area contributed by atoms with E-state index in [0.717, 1.165) is 28.7 Å². The molecule has 16 heavy (non-hydrogen) atoms. The van der Waals surface area contributed by atoms with Crippen molar-refractivity contribution in [1.82, 2.24) is 9.78 Å². The van der Waals surface area contributed by atoms with Crippen LogP contribution in [0.2, 0.25) is 0 Å². The molecule has 3 nitrogen and oxygen atoms in total. The fourth-order valence-corrected chi connectivity index (χ4v) is 1.89. The third kappa shape index (κ3) is 2.27. The van der Waals surface area contributed by atoms with E-state index in [9.17, 15) is 4.79 Å². The number of hydrogen-bond acceptors (Lipinski definition) is 1. The number of benzene rings is 1. The van der Waals surface area contributed by atoms with Crippen molar-refractivity contribution in [1.29, 1.82) is 0 Å². The van der Waals surface area contributed by atoms with Crippen molar-refractivity contribution in [3.05, 3.63) is 50.9 Å². The van der Waals surface area contributed by atoms with Crippen LogP contribution < -0.4 is 5.56 Å². The van der Waals surface area contributed by atoms with Gasteiger partial charge in [-0.15, -0.1) is 0 Å². The largest absolute Gasteiger partial charge is 0.295 e. The molecule has 4 heteroatoms. The first-order valence-corrected chi connectivity index (χ1v) is 6.07. The topological polar surface area (TPSA) is 37.8 Å². The Labute approximate surface area is 102 Å². The summed E-state index contributed by atoms with van der Waals surface area (Å²) < 4.78 is 2.57. The Morgan fingerprint density at radius 3 is 2.62 bits per heavy atom. The van der Waals surface area contributed by atoms with Crippen molar-refractivity contribution in [3.8, 4) is 5.69 Å². The van der Waals surface area contributed by atoms with Gasteiger partial charge in [0, 0.05) is 16.2 Å². The molecule has 0 atom stereocenters. The molecule has 0 aliphatic rings. The van der Waals surface area contributed by atoms with Crippen molar-refractivity contribution in [2.24, 2.45) is 0 Å². The quantitative estimate of drug-likeness (QED) is 0.923. The van der Waals surface area contributed by atoms with E-state index in [2.05, 4.69) is 28.0 Å². The maximum atomic E-state index is 11.7. The zero-order chi connectivity index (χ0) is 11.5. The second kappa shape index (κ2) is 4.70. The molecule has 2 aromatic rings. The van der Waals surface area contributed by atoms with Gasteiger partial charge in [0.15, 0.2) is 0 Å². The molecule has 0 bridgehead atoms. The third-order valence-electron chi connectivity index (χ3n) is 2.38. The smallest absolute Gasteiger partial charge is 0.271 e. The summed E-state index contributed by atoms with van der Waals surface area (Å²) in [6.45, 7) is 2.09. The van der Waals surface area contributed by atoms with Crippen LogP contribution in [0.4, 0.5) is 0 Å². The van der Waals surface area contributed by atoms with Crippen LogP contribution in [-0.4, -0.2) is 9.78 Å². The lowest BCUT2D eigenvalue weighted by Crippen LogP contribution is -2.13. The summed E-state index contributed by atoms with van der Waals surface area (Å²) in [7, 11) is 0. The first kappa shape index (κ1) is 11.2. The maximum Gasteiger partial charge on any atom is 0.271 e. The summed E-state index contributed by atoms with van der Waals surface area (Å²) in [4.78, 5) is 11.7. The number of halogens is 1. The fraction of sp³-hybridized carbons (Fsp3) is 0.250. The predicted molar refractivity (Wildman–Crippen MR) is 68.1 cm³/mol. The fourth-order valence-electron chi connectivity index (χ4n) is 1.62. The minimum Gasteiger partial charge on any atom is -0.295 e. The molecule has 1 aromatic carbocycles. The lowest BCUT2D eigenvalue weighted by atomic mass is 10.3. The molecular weight excluding hydrogens is 268 g/mol. The van der Waals surface area contributed by atoms with Crippen LogP contribution in [0.25, 0.3) is 5.69 Å². The number of aryl methyl sites for hydroxylation is 1. The van der Waals surface area contributed by atoms with E-state index in [0.29, 0.717) is 0 Å². The zero-order valence-corrected chi connectivity index (χ0v) is 10.6. The van der Waals surface area contributed by atoms with Crippen molar-refractivity contribution < 1.29 is 0 Å². The van der Waals surface area contributed by atoms with Crippen LogP contribution in [0.1, 0.15) is 19.0 Å². The Bertz CT molecular complexity index is 525. The number of nitrogens with one attached hydrogen (secondary N) is 1. The van der Waals surface area contributed by atoms with Gasteiger partial charge in [-0.25, -0.2) is 4.68 Å². The highest BCUT2D eigenvalue weighted by Gasteiger charge is 2.03. The molecule has 1 N–H and O–H groups in total. The van der Waals surface area contributed by atoms with E-state index in [1.807, 2.05) is 24.3 Å². The highest BCUT2D eigenvalue weighted by atomic mass is 79.9. The maximum absolute atomic E-state index is 11.7. The molecule has 0 amide bonds. The van der Waals surface area contributed by atoms with Gasteiger partial charge in [-0.3, -0.25) is 9.89 Å². The monoisotopic (exact) mass is 280 g/mol. The summed E-state index contributed by atoms with van der Waals surface area (Å²) in [6, 6.07) is 9.30. The second-order valence-electron chi connectivity index (χ2n) is 3.68. The Hall–Kier alpha value is -1.29. The first-order chi connectivity index (χ1) is 7.70. The number of hydrogen-bond donors (Lipinski definition) is 1. The average molecular weight is 281 g/mol. The van der Waals surface area contributed by atoms with E-state index in [1.54, 1.807) is 10.7 Å². The summed E-state index contributed by atoms with van der Waals surface area (Å²) in [6.07, 6.45) is 1.93. The SMILES string of the molecule is CCCc1cc(=O)n(-c2ccc(Br)cc2)[nH]1. The molecule has 0 spiro atoms. The van der Waals surface area contributed by atoms with E-state index in [1.165, 1.54) is 0 Å². The number of H-pyrrole nitrogens is 1. The van der Waals surface area contributed by atoms with Crippen LogP contribution in [0.5, 0.6) is 0 Å². The van der Waals surface area contributed by atoms with Crippen molar-refractivity contribution in [3.63, 3.8) is 0 Å². The molecule has 0 fully saturated rings. The van der Waals surface area contributed by atoms with Gasteiger partial charge in [-0.05, 0) is 30.7 Å². The van der Waals surface area contributed by atoms with Crippen LogP contribution in [-0.2, 0) is 6.42 Å². The van der Waals surface area contributed by atoms with Crippen molar-refractivity contribution in [2.75, 3.05) is 0 Å². The minimum absolute atomic E-state index is 0.00854. The minimum atomic E-state index is -0.00854. The predicted octanol–water partition coefficient (Wildman–Crippen LogP) is 2.88. The standard InChI is InChI=1S/C12H13BrN2O/c1-2-3-10-8-12(16)15(14-10)11-6-4-9(13)5-7-11/h4-8,14H,2-3H2,1H3. The Kier molecular flexibility index (Phi) is 3.29. The molecule has 0 saturated carbocycles. The number of nitrogens with zero attached hydrogens (tertiary/aromatic N) is 1. The van der Waals surface area contributed by atoms with Gasteiger partial charge < -0.3 is 0 Å². The lowest BCUT2D eigenvalue weighted by molar-refractivity contribution is 0.793. The van der Waals surface area contributed by atoms with Gasteiger partial charge in [0.25, 0.3) is 5.56 Å². The lowest BCUT2D eigenvalue weighted by Gasteiger charge is -2.01. The normalized spacial score (nSPS) is 10.6. The van der Waals surface area contributed by atoms with Gasteiger partial charge in [-0.1, -0.05) is 29.3 Å². The van der Waals surface area contributed by atoms with Gasteiger partial charge >= 0.3 is 0 Å². The summed E-state index contributed by atoms with van der Waals surface area (Å²) in [5, 5.41) is 3.11. The van der Waals surface area contributed by atoms with E-state index < -0.39 is 0 Å².